The highest BCUT2D eigenvalue weighted by Gasteiger charge is 2.16. The van der Waals surface area contributed by atoms with Gasteiger partial charge in [-0.25, -0.2) is 9.97 Å². The number of nitrogens with zero attached hydrogens (tertiary/aromatic N) is 2. The minimum Gasteiger partial charge on any atom is -0.346 e. The zero-order valence-corrected chi connectivity index (χ0v) is 10.7. The maximum absolute atomic E-state index is 5.47. The van der Waals surface area contributed by atoms with Crippen molar-refractivity contribution >= 4 is 0 Å². The van der Waals surface area contributed by atoms with Crippen LogP contribution in [0.15, 0.2) is 0 Å². The zero-order valence-electron chi connectivity index (χ0n) is 10.7. The fraction of sp³-hybridized carbons (Fsp3) is 0.667. The third-order valence-electron chi connectivity index (χ3n) is 2.50. The van der Waals surface area contributed by atoms with E-state index in [0.29, 0.717) is 19.0 Å². The minimum absolute atomic E-state index is 0.451. The van der Waals surface area contributed by atoms with Gasteiger partial charge in [-0.2, -0.15) is 0 Å². The Balaban J connectivity index is 3.00. The van der Waals surface area contributed by atoms with Crippen LogP contribution in [0, 0.1) is 20.8 Å². The van der Waals surface area contributed by atoms with Crippen molar-refractivity contribution in [3.8, 4) is 0 Å². The molecule has 0 saturated carbocycles. The summed E-state index contributed by atoms with van der Waals surface area (Å²) >= 11 is 0. The van der Waals surface area contributed by atoms with E-state index in [1.165, 1.54) is 0 Å². The van der Waals surface area contributed by atoms with Crippen molar-refractivity contribution in [2.45, 2.75) is 40.9 Å². The van der Waals surface area contributed by atoms with E-state index in [1.54, 1.807) is 0 Å². The summed E-state index contributed by atoms with van der Waals surface area (Å²) in [6.07, 6.45) is -0.451. The van der Waals surface area contributed by atoms with Crippen molar-refractivity contribution in [3.05, 3.63) is 22.8 Å². The average Bonchev–Trinajstić information content (AvgIpc) is 2.25. The van der Waals surface area contributed by atoms with E-state index in [4.69, 9.17) is 9.47 Å². The monoisotopic (exact) mass is 224 g/mol. The molecule has 16 heavy (non-hydrogen) atoms. The second-order valence-electron chi connectivity index (χ2n) is 3.62. The molecule has 1 aromatic rings. The molecule has 0 fully saturated rings. The first-order chi connectivity index (χ1) is 7.60. The third-order valence-corrected chi connectivity index (χ3v) is 2.50. The summed E-state index contributed by atoms with van der Waals surface area (Å²) in [6.45, 7) is 11.0. The Morgan fingerprint density at radius 2 is 1.38 bits per heavy atom. The van der Waals surface area contributed by atoms with Crippen molar-refractivity contribution in [1.82, 2.24) is 9.97 Å². The summed E-state index contributed by atoms with van der Waals surface area (Å²) in [6, 6.07) is 0. The van der Waals surface area contributed by atoms with Gasteiger partial charge in [0, 0.05) is 24.6 Å². The van der Waals surface area contributed by atoms with Crippen LogP contribution in [0.1, 0.15) is 42.9 Å². The molecule has 0 amide bonds. The number of aromatic nitrogens is 2. The predicted molar refractivity (Wildman–Crippen MR) is 62.2 cm³/mol. The lowest BCUT2D eigenvalue weighted by atomic mass is 10.2. The molecule has 0 aromatic carbocycles. The predicted octanol–water partition coefficient (Wildman–Crippen LogP) is 2.47. The number of hydrogen-bond acceptors (Lipinski definition) is 4. The van der Waals surface area contributed by atoms with E-state index in [-0.39, 0.29) is 0 Å². The normalized spacial score (nSPS) is 11.1. The van der Waals surface area contributed by atoms with Crippen LogP contribution in [0.3, 0.4) is 0 Å². The average molecular weight is 224 g/mol. The van der Waals surface area contributed by atoms with E-state index >= 15 is 0 Å². The maximum atomic E-state index is 5.47. The van der Waals surface area contributed by atoms with Gasteiger partial charge in [0.05, 0.1) is 0 Å². The van der Waals surface area contributed by atoms with E-state index < -0.39 is 6.29 Å². The van der Waals surface area contributed by atoms with Crippen molar-refractivity contribution in [2.24, 2.45) is 0 Å². The first-order valence-electron chi connectivity index (χ1n) is 5.65. The van der Waals surface area contributed by atoms with Gasteiger partial charge in [0.15, 0.2) is 5.82 Å². The van der Waals surface area contributed by atoms with Crippen LogP contribution in [-0.4, -0.2) is 23.2 Å². The van der Waals surface area contributed by atoms with Gasteiger partial charge < -0.3 is 9.47 Å². The summed E-state index contributed by atoms with van der Waals surface area (Å²) < 4.78 is 10.9. The summed E-state index contributed by atoms with van der Waals surface area (Å²) in [5.41, 5.74) is 3.08. The van der Waals surface area contributed by atoms with Gasteiger partial charge >= 0.3 is 0 Å². The largest absolute Gasteiger partial charge is 0.346 e. The molecule has 0 saturated heterocycles. The number of ether oxygens (including phenoxy) is 2. The Labute approximate surface area is 97.0 Å². The molecule has 0 N–H and O–H groups in total. The van der Waals surface area contributed by atoms with Gasteiger partial charge in [-0.15, -0.1) is 0 Å². The molecule has 90 valence electrons. The van der Waals surface area contributed by atoms with Crippen molar-refractivity contribution < 1.29 is 9.47 Å². The molecule has 0 bridgehead atoms. The van der Waals surface area contributed by atoms with Gasteiger partial charge in [0.1, 0.15) is 0 Å². The molecule has 0 aliphatic heterocycles. The molecule has 0 atom stereocenters. The van der Waals surface area contributed by atoms with Crippen LogP contribution < -0.4 is 0 Å². The molecular formula is C12H20N2O2. The summed E-state index contributed by atoms with van der Waals surface area (Å²) in [7, 11) is 0. The first kappa shape index (κ1) is 13.1. The van der Waals surface area contributed by atoms with E-state index in [2.05, 4.69) is 9.97 Å². The molecule has 0 unspecified atom stereocenters. The van der Waals surface area contributed by atoms with Crippen LogP contribution in [0.2, 0.25) is 0 Å². The van der Waals surface area contributed by atoms with E-state index in [1.807, 2.05) is 34.6 Å². The highest BCUT2D eigenvalue weighted by molar-refractivity contribution is 5.22. The Hall–Kier alpha value is -1.00. The third kappa shape index (κ3) is 3.00. The smallest absolute Gasteiger partial charge is 0.219 e. The Morgan fingerprint density at radius 3 is 1.75 bits per heavy atom. The molecule has 1 rings (SSSR count). The zero-order chi connectivity index (χ0) is 12.1. The summed E-state index contributed by atoms with van der Waals surface area (Å²) in [5, 5.41) is 0. The molecule has 0 spiro atoms. The number of aryl methyl sites for hydroxylation is 2. The number of rotatable bonds is 5. The fourth-order valence-corrected chi connectivity index (χ4v) is 1.40. The van der Waals surface area contributed by atoms with E-state index in [0.717, 1.165) is 17.0 Å². The maximum Gasteiger partial charge on any atom is 0.219 e. The van der Waals surface area contributed by atoms with Gasteiger partial charge in [0.2, 0.25) is 6.29 Å². The first-order valence-corrected chi connectivity index (χ1v) is 5.65. The highest BCUT2D eigenvalue weighted by atomic mass is 16.7. The second-order valence-corrected chi connectivity index (χ2v) is 3.62. The van der Waals surface area contributed by atoms with Crippen LogP contribution >= 0.6 is 0 Å². The SMILES string of the molecule is CCOC(OCC)c1nc(C)c(C)c(C)n1. The lowest BCUT2D eigenvalue weighted by molar-refractivity contribution is -0.145. The van der Waals surface area contributed by atoms with Crippen LogP contribution in [0.5, 0.6) is 0 Å². The standard InChI is InChI=1S/C12H20N2O2/c1-6-15-12(16-7-2)11-13-9(4)8(3)10(5)14-11/h12H,6-7H2,1-5H3. The van der Waals surface area contributed by atoms with Crippen LogP contribution in [0.4, 0.5) is 0 Å². The molecule has 0 radical (unpaired) electrons. The molecule has 4 nitrogen and oxygen atoms in total. The van der Waals surface area contributed by atoms with E-state index in [9.17, 15) is 0 Å². The minimum atomic E-state index is -0.451. The molecule has 0 aliphatic carbocycles. The number of hydrogen-bond donors (Lipinski definition) is 0. The second kappa shape index (κ2) is 5.92. The van der Waals surface area contributed by atoms with Crippen molar-refractivity contribution in [1.29, 1.82) is 0 Å². The van der Waals surface area contributed by atoms with Gasteiger partial charge in [-0.05, 0) is 40.2 Å². The van der Waals surface area contributed by atoms with Crippen molar-refractivity contribution in [2.75, 3.05) is 13.2 Å². The fourth-order valence-electron chi connectivity index (χ4n) is 1.40. The molecule has 1 aromatic heterocycles. The molecular weight excluding hydrogens is 204 g/mol. The van der Waals surface area contributed by atoms with Crippen LogP contribution in [-0.2, 0) is 9.47 Å². The molecule has 1 heterocycles. The lowest BCUT2D eigenvalue weighted by Gasteiger charge is -2.17. The quantitative estimate of drug-likeness (QED) is 0.721. The summed E-state index contributed by atoms with van der Waals surface area (Å²) in [5.74, 6) is 0.615. The Morgan fingerprint density at radius 1 is 0.938 bits per heavy atom. The Kier molecular flexibility index (Phi) is 4.83. The van der Waals surface area contributed by atoms with Crippen LogP contribution in [0.25, 0.3) is 0 Å². The Bertz CT molecular complexity index is 324. The topological polar surface area (TPSA) is 44.2 Å². The summed E-state index contributed by atoms with van der Waals surface area (Å²) in [4.78, 5) is 8.82. The molecule has 0 aliphatic rings. The van der Waals surface area contributed by atoms with Crippen molar-refractivity contribution in [3.63, 3.8) is 0 Å². The van der Waals surface area contributed by atoms with Gasteiger partial charge in [-0.3, -0.25) is 0 Å². The van der Waals surface area contributed by atoms with Gasteiger partial charge in [0.25, 0.3) is 0 Å². The highest BCUT2D eigenvalue weighted by Crippen LogP contribution is 2.17. The lowest BCUT2D eigenvalue weighted by Crippen LogP contribution is -2.14. The van der Waals surface area contributed by atoms with Gasteiger partial charge in [-0.1, -0.05) is 0 Å². The molecule has 4 heteroatoms.